The maximum absolute atomic E-state index is 11.1. The monoisotopic (exact) mass is 171 g/mol. The third-order valence-corrected chi connectivity index (χ3v) is 2.02. The first kappa shape index (κ1) is 7.88. The quantitative estimate of drug-likeness (QED) is 0.514. The zero-order chi connectivity index (χ0) is 9.26. The summed E-state index contributed by atoms with van der Waals surface area (Å²) in [5, 5.41) is 3.14. The van der Waals surface area contributed by atoms with Crippen molar-refractivity contribution in [2.24, 2.45) is 0 Å². The van der Waals surface area contributed by atoms with Gasteiger partial charge >= 0.3 is 0 Å². The van der Waals surface area contributed by atoms with Gasteiger partial charge in [0.2, 0.25) is 0 Å². The predicted molar refractivity (Wildman–Crippen MR) is 51.8 cm³/mol. The minimum absolute atomic E-state index is 0.0789. The summed E-state index contributed by atoms with van der Waals surface area (Å²) in [6.45, 7) is 2.25. The molecule has 64 valence electrons. The maximum atomic E-state index is 11.1. The van der Waals surface area contributed by atoms with E-state index < -0.39 is 0 Å². The van der Waals surface area contributed by atoms with Crippen molar-refractivity contribution in [3.8, 4) is 11.8 Å². The Balaban J connectivity index is 2.52. The van der Waals surface area contributed by atoms with Crippen molar-refractivity contribution in [1.82, 2.24) is 0 Å². The lowest BCUT2D eigenvalue weighted by Gasteiger charge is -2.10. The number of benzene rings is 1. The summed E-state index contributed by atoms with van der Waals surface area (Å²) < 4.78 is 0. The lowest BCUT2D eigenvalue weighted by molar-refractivity contribution is 0.101. The van der Waals surface area contributed by atoms with E-state index in [1.807, 2.05) is 18.2 Å². The molecule has 0 unspecified atom stereocenters. The largest absolute Gasteiger partial charge is 0.373 e. The van der Waals surface area contributed by atoms with E-state index in [0.29, 0.717) is 6.54 Å². The lowest BCUT2D eigenvalue weighted by Crippen LogP contribution is -2.06. The van der Waals surface area contributed by atoms with Gasteiger partial charge in [-0.05, 0) is 25.1 Å². The average Bonchev–Trinajstić information content (AvgIpc) is 2.17. The maximum Gasteiger partial charge on any atom is 0.159 e. The molecule has 2 rings (SSSR count). The fraction of sp³-hybridized carbons (Fsp3) is 0.182. The van der Waals surface area contributed by atoms with Crippen LogP contribution in [-0.2, 0) is 0 Å². The van der Waals surface area contributed by atoms with Crippen LogP contribution < -0.4 is 5.32 Å². The van der Waals surface area contributed by atoms with E-state index in [9.17, 15) is 4.79 Å². The molecular formula is C11H9NO. The van der Waals surface area contributed by atoms with E-state index in [-0.39, 0.29) is 5.78 Å². The standard InChI is InChI=1S/C11H9NO/c1-8(13)9-4-5-11-10(7-9)3-2-6-12-11/h4-5,7,12H,6H2,1H3. The van der Waals surface area contributed by atoms with Crippen molar-refractivity contribution in [2.45, 2.75) is 6.92 Å². The highest BCUT2D eigenvalue weighted by molar-refractivity contribution is 5.95. The molecule has 0 saturated heterocycles. The number of rotatable bonds is 1. The minimum Gasteiger partial charge on any atom is -0.373 e. The Morgan fingerprint density at radius 1 is 1.54 bits per heavy atom. The van der Waals surface area contributed by atoms with E-state index >= 15 is 0 Å². The van der Waals surface area contributed by atoms with Crippen LogP contribution in [0.4, 0.5) is 5.69 Å². The van der Waals surface area contributed by atoms with Crippen LogP contribution >= 0.6 is 0 Å². The molecule has 1 aromatic rings. The number of hydrogen-bond acceptors (Lipinski definition) is 2. The molecule has 2 nitrogen and oxygen atoms in total. The van der Waals surface area contributed by atoms with Crippen LogP contribution in [0.1, 0.15) is 22.8 Å². The Kier molecular flexibility index (Phi) is 1.79. The number of fused-ring (bicyclic) bond motifs is 1. The Bertz CT molecular complexity index is 423. The number of nitrogens with one attached hydrogen (secondary N) is 1. The summed E-state index contributed by atoms with van der Waals surface area (Å²) in [6, 6.07) is 5.55. The van der Waals surface area contributed by atoms with Crippen LogP contribution in [0.3, 0.4) is 0 Å². The van der Waals surface area contributed by atoms with Crippen molar-refractivity contribution < 1.29 is 4.79 Å². The molecule has 2 heteroatoms. The highest BCUT2D eigenvalue weighted by Gasteiger charge is 2.06. The smallest absolute Gasteiger partial charge is 0.159 e. The van der Waals surface area contributed by atoms with Crippen LogP contribution in [-0.4, -0.2) is 12.3 Å². The van der Waals surface area contributed by atoms with Gasteiger partial charge in [-0.15, -0.1) is 0 Å². The van der Waals surface area contributed by atoms with Gasteiger partial charge in [0.25, 0.3) is 0 Å². The molecule has 1 aliphatic heterocycles. The third-order valence-electron chi connectivity index (χ3n) is 2.02. The zero-order valence-electron chi connectivity index (χ0n) is 7.35. The highest BCUT2D eigenvalue weighted by Crippen LogP contribution is 2.18. The van der Waals surface area contributed by atoms with Gasteiger partial charge in [-0.1, -0.05) is 11.8 Å². The van der Waals surface area contributed by atoms with E-state index in [2.05, 4.69) is 17.2 Å². The van der Waals surface area contributed by atoms with Crippen molar-refractivity contribution in [1.29, 1.82) is 0 Å². The Morgan fingerprint density at radius 3 is 3.15 bits per heavy atom. The highest BCUT2D eigenvalue weighted by atomic mass is 16.1. The molecule has 1 heterocycles. The predicted octanol–water partition coefficient (Wildman–Crippen LogP) is 1.67. The second kappa shape index (κ2) is 2.95. The van der Waals surface area contributed by atoms with Gasteiger partial charge in [0, 0.05) is 11.1 Å². The van der Waals surface area contributed by atoms with Gasteiger partial charge in [-0.2, -0.15) is 0 Å². The van der Waals surface area contributed by atoms with E-state index in [1.165, 1.54) is 0 Å². The molecule has 13 heavy (non-hydrogen) atoms. The second-order valence-electron chi connectivity index (χ2n) is 2.97. The summed E-state index contributed by atoms with van der Waals surface area (Å²) in [7, 11) is 0. The molecule has 0 atom stereocenters. The average molecular weight is 171 g/mol. The summed E-state index contributed by atoms with van der Waals surface area (Å²) in [5.41, 5.74) is 2.65. The van der Waals surface area contributed by atoms with E-state index in [0.717, 1.165) is 16.8 Å². The molecule has 1 aromatic carbocycles. The molecule has 0 amide bonds. The molecule has 1 N–H and O–H groups in total. The Labute approximate surface area is 77.0 Å². The summed E-state index contributed by atoms with van der Waals surface area (Å²) in [4.78, 5) is 11.1. The van der Waals surface area contributed by atoms with Crippen molar-refractivity contribution >= 4 is 11.5 Å². The first-order valence-corrected chi connectivity index (χ1v) is 4.15. The number of anilines is 1. The fourth-order valence-electron chi connectivity index (χ4n) is 1.30. The molecule has 0 bridgehead atoms. The van der Waals surface area contributed by atoms with Crippen LogP contribution in [0.5, 0.6) is 0 Å². The molecular weight excluding hydrogens is 162 g/mol. The molecule has 0 saturated carbocycles. The number of carbonyl (C=O) groups excluding carboxylic acids is 1. The zero-order valence-corrected chi connectivity index (χ0v) is 7.35. The topological polar surface area (TPSA) is 29.1 Å². The molecule has 0 radical (unpaired) electrons. The van der Waals surface area contributed by atoms with Crippen LogP contribution in [0.25, 0.3) is 0 Å². The Hall–Kier alpha value is -1.75. The fourth-order valence-corrected chi connectivity index (χ4v) is 1.30. The molecule has 0 aliphatic carbocycles. The normalized spacial score (nSPS) is 12.1. The number of hydrogen-bond donors (Lipinski definition) is 1. The first-order chi connectivity index (χ1) is 6.27. The molecule has 0 fully saturated rings. The van der Waals surface area contributed by atoms with Crippen LogP contribution in [0.15, 0.2) is 18.2 Å². The number of carbonyl (C=O) groups is 1. The second-order valence-corrected chi connectivity index (χ2v) is 2.97. The van der Waals surface area contributed by atoms with Gasteiger partial charge in [-0.25, -0.2) is 0 Å². The van der Waals surface area contributed by atoms with Gasteiger partial charge in [0.15, 0.2) is 5.78 Å². The van der Waals surface area contributed by atoms with Crippen LogP contribution in [0, 0.1) is 11.8 Å². The first-order valence-electron chi connectivity index (χ1n) is 4.15. The molecule has 0 aromatic heterocycles. The van der Waals surface area contributed by atoms with Gasteiger partial charge < -0.3 is 5.32 Å². The van der Waals surface area contributed by atoms with Crippen molar-refractivity contribution in [2.75, 3.05) is 11.9 Å². The lowest BCUT2D eigenvalue weighted by atomic mass is 10.1. The third kappa shape index (κ3) is 1.41. The number of ketones is 1. The summed E-state index contributed by atoms with van der Waals surface area (Å²) in [6.07, 6.45) is 0. The van der Waals surface area contributed by atoms with Crippen LogP contribution in [0.2, 0.25) is 0 Å². The minimum atomic E-state index is 0.0789. The van der Waals surface area contributed by atoms with E-state index in [1.54, 1.807) is 6.92 Å². The van der Waals surface area contributed by atoms with Gasteiger partial charge in [-0.3, -0.25) is 4.79 Å². The van der Waals surface area contributed by atoms with Gasteiger partial charge in [0.05, 0.1) is 12.2 Å². The molecule has 0 spiro atoms. The summed E-state index contributed by atoms with van der Waals surface area (Å²) in [5.74, 6) is 6.01. The Morgan fingerprint density at radius 2 is 2.38 bits per heavy atom. The summed E-state index contributed by atoms with van der Waals surface area (Å²) >= 11 is 0. The van der Waals surface area contributed by atoms with Crippen molar-refractivity contribution in [3.63, 3.8) is 0 Å². The van der Waals surface area contributed by atoms with E-state index in [4.69, 9.17) is 0 Å². The molecule has 1 aliphatic rings. The van der Waals surface area contributed by atoms with Crippen molar-refractivity contribution in [3.05, 3.63) is 29.3 Å². The number of Topliss-reactive ketones (excluding diaryl/α,β-unsaturated/α-hetero) is 1. The SMILES string of the molecule is CC(=O)c1ccc2c(c1)C#CCN2. The van der Waals surface area contributed by atoms with Gasteiger partial charge in [0.1, 0.15) is 0 Å².